The fourth-order valence-electron chi connectivity index (χ4n) is 5.72. The second-order valence-corrected chi connectivity index (χ2v) is 21.8. The van der Waals surface area contributed by atoms with Crippen LogP contribution in [0.5, 0.6) is 0 Å². The Kier molecular flexibility index (Phi) is 15.4. The Hall–Kier alpha value is -4.96. The first-order valence-corrected chi connectivity index (χ1v) is 23.2. The first kappa shape index (κ1) is 43.8. The standard InChI is InChI=1S/C43H51N3O8SSi/c1-7-52-40(48)26-25-36(54-56(5,6)43(2,3)4)24-23-35(47)31-45(27-28-55(50,51)37-21-15-10-16-22-37)38(29-44)41-39(46(41)30-33-17-11-8-12-18-33)32-53-42(49)34-19-13-9-14-20-34/h8-22,31,36,39,41H,7,23-24,27-28,30,32H2,1-6H3/t36?,39-,41+,46?/m0/s1. The predicted molar refractivity (Wildman–Crippen MR) is 219 cm³/mol. The molecule has 3 aromatic rings. The van der Waals surface area contributed by atoms with E-state index in [1.54, 1.807) is 55.5 Å². The molecule has 56 heavy (non-hydrogen) atoms. The van der Waals surface area contributed by atoms with Gasteiger partial charge in [-0.05, 0) is 61.3 Å². The van der Waals surface area contributed by atoms with E-state index >= 15 is 0 Å². The summed E-state index contributed by atoms with van der Waals surface area (Å²) in [4.78, 5) is 40.9. The van der Waals surface area contributed by atoms with E-state index in [4.69, 9.17) is 13.9 Å². The van der Waals surface area contributed by atoms with E-state index in [2.05, 4.69) is 38.5 Å². The summed E-state index contributed by atoms with van der Waals surface area (Å²) in [5.74, 6) is 5.62. The molecule has 1 fully saturated rings. The van der Waals surface area contributed by atoms with Crippen molar-refractivity contribution in [3.05, 3.63) is 113 Å². The van der Waals surface area contributed by atoms with E-state index in [9.17, 15) is 28.2 Å². The van der Waals surface area contributed by atoms with Gasteiger partial charge in [0.05, 0.1) is 23.1 Å². The normalized spacial score (nSPS) is 17.4. The summed E-state index contributed by atoms with van der Waals surface area (Å²) in [6.07, 6.45) is 0.604. The summed E-state index contributed by atoms with van der Waals surface area (Å²) in [5, 5.41) is 10.5. The minimum absolute atomic E-state index is 0.0356. The van der Waals surface area contributed by atoms with E-state index in [0.29, 0.717) is 12.1 Å². The second kappa shape index (κ2) is 19.8. The molecule has 2 unspecified atom stereocenters. The number of hydrogen-bond donors (Lipinski definition) is 0. The van der Waals surface area contributed by atoms with Crippen LogP contribution in [0, 0.1) is 11.8 Å². The molecule has 3 aromatic carbocycles. The smallest absolute Gasteiger partial charge is 0.384 e. The fourth-order valence-corrected chi connectivity index (χ4v) is 8.20. The summed E-state index contributed by atoms with van der Waals surface area (Å²) in [6.45, 7) is 12.4. The van der Waals surface area contributed by atoms with Crippen LogP contribution in [0.1, 0.15) is 56.5 Å². The number of carbonyl (C=O) groups excluding carboxylic acids is 3. The number of nitrogens with zero attached hydrogens (tertiary/aromatic N) is 3. The van der Waals surface area contributed by atoms with Crippen LogP contribution in [0.15, 0.2) is 102 Å². The average molecular weight is 798 g/mol. The molecule has 0 radical (unpaired) electrons. The lowest BCUT2D eigenvalue weighted by Gasteiger charge is -2.38. The molecule has 4 rings (SSSR count). The van der Waals surface area contributed by atoms with Crippen LogP contribution < -0.4 is 0 Å². The number of ether oxygens (including phenoxy) is 2. The van der Waals surface area contributed by atoms with Crippen LogP contribution in [-0.4, -0.2) is 99.7 Å². The van der Waals surface area contributed by atoms with Gasteiger partial charge in [0.15, 0.2) is 24.7 Å². The minimum Gasteiger partial charge on any atom is -0.758 e. The van der Waals surface area contributed by atoms with Crippen LogP contribution in [0.2, 0.25) is 18.1 Å². The van der Waals surface area contributed by atoms with Crippen molar-refractivity contribution in [1.82, 2.24) is 4.90 Å². The van der Waals surface area contributed by atoms with Crippen molar-refractivity contribution >= 4 is 48.0 Å². The van der Waals surface area contributed by atoms with E-state index < -0.39 is 48.3 Å². The number of carbonyl (C=O) groups is 3. The molecule has 1 saturated heterocycles. The van der Waals surface area contributed by atoms with Crippen LogP contribution >= 0.6 is 0 Å². The lowest BCUT2D eigenvalue weighted by Crippen LogP contribution is -2.43. The molecule has 0 spiro atoms. The van der Waals surface area contributed by atoms with Crippen molar-refractivity contribution in [2.24, 2.45) is 0 Å². The lowest BCUT2D eigenvalue weighted by molar-refractivity contribution is -0.466. The topological polar surface area (TPSA) is 141 Å². The number of ketones is 1. The van der Waals surface area contributed by atoms with Crippen molar-refractivity contribution in [3.63, 3.8) is 0 Å². The highest BCUT2D eigenvalue weighted by Gasteiger charge is 2.54. The molecule has 296 valence electrons. The number of rotatable bonds is 18. The van der Waals surface area contributed by atoms with Gasteiger partial charge in [-0.1, -0.05) is 93.4 Å². The Balaban J connectivity index is 1.65. The van der Waals surface area contributed by atoms with Gasteiger partial charge in [-0.25, -0.2) is 18.0 Å². The lowest BCUT2D eigenvalue weighted by atomic mass is 10.1. The molecule has 1 aliphatic rings. The van der Waals surface area contributed by atoms with E-state index in [-0.39, 0.29) is 59.8 Å². The summed E-state index contributed by atoms with van der Waals surface area (Å²) in [5.41, 5.74) is 1.49. The van der Waals surface area contributed by atoms with Gasteiger partial charge in [0.25, 0.3) is 0 Å². The maximum Gasteiger partial charge on any atom is 0.384 e. The first-order valence-electron chi connectivity index (χ1n) is 18.6. The van der Waals surface area contributed by atoms with Gasteiger partial charge < -0.3 is 19.3 Å². The third-order valence-corrected chi connectivity index (χ3v) is 16.1. The molecule has 1 aliphatic heterocycles. The molecule has 0 amide bonds. The maximum absolute atomic E-state index is 13.8. The van der Waals surface area contributed by atoms with Crippen molar-refractivity contribution in [1.29, 1.82) is 0 Å². The molecule has 0 N–H and O–H groups in total. The Labute approximate surface area is 331 Å². The van der Waals surface area contributed by atoms with E-state index in [0.717, 1.165) is 5.56 Å². The van der Waals surface area contributed by atoms with Gasteiger partial charge in [-0.3, -0.25) is 9.69 Å². The zero-order valence-electron chi connectivity index (χ0n) is 32.9. The number of esters is 2. The quantitative estimate of drug-likeness (QED) is 0.0285. The van der Waals surface area contributed by atoms with Crippen LogP contribution in [0.4, 0.5) is 0 Å². The highest BCUT2D eigenvalue weighted by Crippen LogP contribution is 2.38. The second-order valence-electron chi connectivity index (χ2n) is 14.9. The summed E-state index contributed by atoms with van der Waals surface area (Å²) in [6, 6.07) is 25.2. The Morgan fingerprint density at radius 3 is 2.14 bits per heavy atom. The van der Waals surface area contributed by atoms with Crippen LogP contribution in [-0.2, 0) is 39.9 Å². The van der Waals surface area contributed by atoms with E-state index in [1.165, 1.54) is 22.9 Å². The summed E-state index contributed by atoms with van der Waals surface area (Å²) in [7, 11) is -6.19. The van der Waals surface area contributed by atoms with Gasteiger partial charge in [-0.2, -0.15) is 10.4 Å². The van der Waals surface area contributed by atoms with Crippen LogP contribution in [0.3, 0.4) is 0 Å². The van der Waals surface area contributed by atoms with Gasteiger partial charge in [0, 0.05) is 18.9 Å². The van der Waals surface area contributed by atoms with Crippen molar-refractivity contribution < 1.29 is 41.3 Å². The molecule has 0 bridgehead atoms. The van der Waals surface area contributed by atoms with Gasteiger partial charge in [0.1, 0.15) is 24.5 Å². The molecule has 1 heterocycles. The molecule has 0 aliphatic carbocycles. The molecule has 4 atom stereocenters. The van der Waals surface area contributed by atoms with E-state index in [1.807, 2.05) is 48.3 Å². The van der Waals surface area contributed by atoms with Crippen molar-refractivity contribution in [3.8, 4) is 11.8 Å². The van der Waals surface area contributed by atoms with Crippen molar-refractivity contribution in [2.45, 2.75) is 88.3 Å². The number of Topliss-reactive ketones (excluding diaryl/α,β-unsaturated/α-hetero) is 1. The molecular formula is C43H51N3O8SSi. The molecule has 13 heteroatoms. The third-order valence-electron chi connectivity index (χ3n) is 9.87. The molecule has 0 aromatic heterocycles. The highest BCUT2D eigenvalue weighted by atomic mass is 32.2. The third kappa shape index (κ3) is 12.5. The average Bonchev–Trinajstić information content (AvgIpc) is 3.85. The Bertz CT molecular complexity index is 2080. The fraction of sp³-hybridized carbons (Fsp3) is 0.395. The minimum atomic E-state index is -3.80. The van der Waals surface area contributed by atoms with Crippen molar-refractivity contribution in [2.75, 3.05) is 25.5 Å². The number of sulfone groups is 1. The number of benzene rings is 3. The SMILES string of the molecule is CCOC(=O)C#CC(CCC(=O)C=[N+](CCS(=O)(=O)c1ccccc1)C(=C=[N-])[C@@H]1[C@H](COC(=O)c2ccccc2)N1Cc1ccccc1)O[Si](C)(C)C(C)(C)C. The maximum atomic E-state index is 13.8. The summed E-state index contributed by atoms with van der Waals surface area (Å²) >= 11 is 0. The van der Waals surface area contributed by atoms with Gasteiger partial charge >= 0.3 is 11.9 Å². The Morgan fingerprint density at radius 1 is 0.946 bits per heavy atom. The molecule has 11 nitrogen and oxygen atoms in total. The summed E-state index contributed by atoms with van der Waals surface area (Å²) < 4.78 is 45.5. The van der Waals surface area contributed by atoms with Gasteiger partial charge in [-0.15, -0.1) is 0 Å². The largest absolute Gasteiger partial charge is 0.758 e. The van der Waals surface area contributed by atoms with Crippen LogP contribution in [0.25, 0.3) is 5.41 Å². The number of hydrogen-bond acceptors (Lipinski definition) is 9. The van der Waals surface area contributed by atoms with Gasteiger partial charge in [0.2, 0.25) is 17.7 Å². The monoisotopic (exact) mass is 797 g/mol. The predicted octanol–water partition coefficient (Wildman–Crippen LogP) is 6.08. The highest BCUT2D eigenvalue weighted by molar-refractivity contribution is 7.91. The first-order chi connectivity index (χ1) is 26.6. The Morgan fingerprint density at radius 2 is 1.55 bits per heavy atom. The molecular weight excluding hydrogens is 747 g/mol. The molecule has 0 saturated carbocycles. The zero-order chi connectivity index (χ0) is 40.9. The zero-order valence-corrected chi connectivity index (χ0v) is 34.8.